The SMILES string of the molecule is CC(=O)Nc1ccc(CN(C)CC(C)(C)CN)cc1.Cl. The standard InChI is InChI=1S/C15H25N3O.ClH/c1-12(19)17-14-7-5-13(6-8-14)9-18(4)11-15(2,3)10-16;/h5-8H,9-11,16H2,1-4H3,(H,17,19);1H. The summed E-state index contributed by atoms with van der Waals surface area (Å²) in [5, 5.41) is 2.76. The Morgan fingerprint density at radius 2 is 1.85 bits per heavy atom. The highest BCUT2D eigenvalue weighted by molar-refractivity contribution is 5.88. The Kier molecular flexibility index (Phi) is 7.79. The van der Waals surface area contributed by atoms with Crippen LogP contribution in [0.1, 0.15) is 26.3 Å². The average molecular weight is 300 g/mol. The van der Waals surface area contributed by atoms with Gasteiger partial charge in [-0.1, -0.05) is 26.0 Å². The summed E-state index contributed by atoms with van der Waals surface area (Å²) in [5.74, 6) is -0.0467. The van der Waals surface area contributed by atoms with Gasteiger partial charge in [0.2, 0.25) is 5.91 Å². The van der Waals surface area contributed by atoms with Gasteiger partial charge in [-0.25, -0.2) is 0 Å². The van der Waals surface area contributed by atoms with E-state index in [0.29, 0.717) is 6.54 Å². The van der Waals surface area contributed by atoms with Crippen LogP contribution in [0.15, 0.2) is 24.3 Å². The highest BCUT2D eigenvalue weighted by atomic mass is 35.5. The summed E-state index contributed by atoms with van der Waals surface area (Å²) in [6.45, 7) is 8.36. The second-order valence-electron chi connectivity index (χ2n) is 5.92. The minimum absolute atomic E-state index is 0. The second kappa shape index (κ2) is 8.25. The average Bonchev–Trinajstić information content (AvgIpc) is 2.30. The molecule has 0 spiro atoms. The number of nitrogens with two attached hydrogens (primary N) is 1. The van der Waals surface area contributed by atoms with E-state index in [1.54, 1.807) is 0 Å². The lowest BCUT2D eigenvalue weighted by molar-refractivity contribution is -0.114. The van der Waals surface area contributed by atoms with Gasteiger partial charge in [-0.15, -0.1) is 12.4 Å². The van der Waals surface area contributed by atoms with Crippen LogP contribution in [0.5, 0.6) is 0 Å². The van der Waals surface area contributed by atoms with Crippen LogP contribution in [0.3, 0.4) is 0 Å². The Hall–Kier alpha value is -1.10. The van der Waals surface area contributed by atoms with E-state index in [2.05, 4.69) is 31.1 Å². The van der Waals surface area contributed by atoms with Crippen molar-refractivity contribution >= 4 is 24.0 Å². The van der Waals surface area contributed by atoms with Gasteiger partial charge in [0.25, 0.3) is 0 Å². The third-order valence-electron chi connectivity index (χ3n) is 2.98. The van der Waals surface area contributed by atoms with Crippen molar-refractivity contribution in [3.05, 3.63) is 29.8 Å². The van der Waals surface area contributed by atoms with Crippen LogP contribution in [-0.2, 0) is 11.3 Å². The molecule has 0 atom stereocenters. The highest BCUT2D eigenvalue weighted by Crippen LogP contribution is 2.16. The van der Waals surface area contributed by atoms with Crippen LogP contribution in [0.25, 0.3) is 0 Å². The van der Waals surface area contributed by atoms with Gasteiger partial charge in [-0.3, -0.25) is 4.79 Å². The van der Waals surface area contributed by atoms with Gasteiger partial charge in [-0.2, -0.15) is 0 Å². The predicted octanol–water partition coefficient (Wildman–Crippen LogP) is 2.48. The summed E-state index contributed by atoms with van der Waals surface area (Å²) >= 11 is 0. The molecule has 5 heteroatoms. The molecule has 20 heavy (non-hydrogen) atoms. The Bertz CT molecular complexity index is 418. The number of carbonyl (C=O) groups is 1. The molecule has 0 aliphatic rings. The molecule has 0 fully saturated rings. The maximum Gasteiger partial charge on any atom is 0.221 e. The molecule has 0 heterocycles. The first-order chi connectivity index (χ1) is 8.82. The van der Waals surface area contributed by atoms with Crippen LogP contribution in [-0.4, -0.2) is 30.9 Å². The molecule has 0 saturated carbocycles. The molecular weight excluding hydrogens is 274 g/mol. The number of anilines is 1. The quantitative estimate of drug-likeness (QED) is 0.848. The number of hydrogen-bond donors (Lipinski definition) is 2. The number of halogens is 1. The molecule has 1 rings (SSSR count). The van der Waals surface area contributed by atoms with Gasteiger partial charge < -0.3 is 16.0 Å². The molecule has 1 aromatic rings. The minimum atomic E-state index is -0.0467. The number of hydrogen-bond acceptors (Lipinski definition) is 3. The third-order valence-corrected chi connectivity index (χ3v) is 2.98. The molecule has 0 aliphatic heterocycles. The van der Waals surface area contributed by atoms with E-state index in [1.165, 1.54) is 12.5 Å². The Labute approximate surface area is 128 Å². The first-order valence-corrected chi connectivity index (χ1v) is 6.57. The largest absolute Gasteiger partial charge is 0.330 e. The van der Waals surface area contributed by atoms with Crippen molar-refractivity contribution in [1.82, 2.24) is 4.90 Å². The van der Waals surface area contributed by atoms with Gasteiger partial charge in [-0.05, 0) is 36.7 Å². The zero-order chi connectivity index (χ0) is 14.5. The summed E-state index contributed by atoms with van der Waals surface area (Å²) in [4.78, 5) is 13.2. The van der Waals surface area contributed by atoms with Gasteiger partial charge in [0.15, 0.2) is 0 Å². The Morgan fingerprint density at radius 3 is 2.30 bits per heavy atom. The minimum Gasteiger partial charge on any atom is -0.330 e. The highest BCUT2D eigenvalue weighted by Gasteiger charge is 2.17. The molecule has 0 saturated heterocycles. The second-order valence-corrected chi connectivity index (χ2v) is 5.92. The van der Waals surface area contributed by atoms with Crippen molar-refractivity contribution in [3.8, 4) is 0 Å². The lowest BCUT2D eigenvalue weighted by Crippen LogP contribution is -2.36. The fraction of sp³-hybridized carbons (Fsp3) is 0.533. The molecule has 4 nitrogen and oxygen atoms in total. The lowest BCUT2D eigenvalue weighted by Gasteiger charge is -2.29. The number of benzene rings is 1. The molecule has 0 radical (unpaired) electrons. The summed E-state index contributed by atoms with van der Waals surface area (Å²) < 4.78 is 0. The van der Waals surface area contributed by atoms with E-state index in [0.717, 1.165) is 18.8 Å². The van der Waals surface area contributed by atoms with Gasteiger partial charge >= 0.3 is 0 Å². The van der Waals surface area contributed by atoms with E-state index in [1.807, 2.05) is 24.3 Å². The van der Waals surface area contributed by atoms with E-state index in [9.17, 15) is 4.79 Å². The van der Waals surface area contributed by atoms with Crippen LogP contribution in [0.4, 0.5) is 5.69 Å². The van der Waals surface area contributed by atoms with Crippen molar-refractivity contribution < 1.29 is 4.79 Å². The molecule has 1 amide bonds. The fourth-order valence-corrected chi connectivity index (χ4v) is 2.06. The number of nitrogens with one attached hydrogen (secondary N) is 1. The van der Waals surface area contributed by atoms with Crippen molar-refractivity contribution in [2.24, 2.45) is 11.1 Å². The van der Waals surface area contributed by atoms with E-state index < -0.39 is 0 Å². The normalized spacial score (nSPS) is 11.1. The van der Waals surface area contributed by atoms with Crippen molar-refractivity contribution in [3.63, 3.8) is 0 Å². The molecule has 3 N–H and O–H groups in total. The molecule has 0 bridgehead atoms. The lowest BCUT2D eigenvalue weighted by atomic mass is 9.93. The monoisotopic (exact) mass is 299 g/mol. The fourth-order valence-electron chi connectivity index (χ4n) is 2.06. The van der Waals surface area contributed by atoms with Crippen LogP contribution < -0.4 is 11.1 Å². The van der Waals surface area contributed by atoms with Crippen molar-refractivity contribution in [2.45, 2.75) is 27.3 Å². The van der Waals surface area contributed by atoms with Crippen LogP contribution in [0.2, 0.25) is 0 Å². The van der Waals surface area contributed by atoms with Crippen LogP contribution >= 0.6 is 12.4 Å². The van der Waals surface area contributed by atoms with Gasteiger partial charge in [0.1, 0.15) is 0 Å². The summed E-state index contributed by atoms with van der Waals surface area (Å²) in [6.07, 6.45) is 0. The molecule has 0 aromatic heterocycles. The van der Waals surface area contributed by atoms with E-state index in [-0.39, 0.29) is 23.7 Å². The first kappa shape index (κ1) is 18.9. The number of rotatable bonds is 6. The molecule has 1 aromatic carbocycles. The van der Waals surface area contributed by atoms with Crippen molar-refractivity contribution in [2.75, 3.05) is 25.5 Å². The van der Waals surface area contributed by atoms with Gasteiger partial charge in [0, 0.05) is 25.7 Å². The maximum absolute atomic E-state index is 10.9. The summed E-state index contributed by atoms with van der Waals surface area (Å²) in [5.41, 5.74) is 7.94. The molecule has 0 aliphatic carbocycles. The summed E-state index contributed by atoms with van der Waals surface area (Å²) in [7, 11) is 2.10. The number of carbonyl (C=O) groups excluding carboxylic acids is 1. The number of amides is 1. The molecule has 114 valence electrons. The van der Waals surface area contributed by atoms with E-state index in [4.69, 9.17) is 5.73 Å². The third kappa shape index (κ3) is 6.89. The maximum atomic E-state index is 10.9. The molecule has 0 unspecified atom stereocenters. The Morgan fingerprint density at radius 1 is 1.30 bits per heavy atom. The summed E-state index contributed by atoms with van der Waals surface area (Å²) in [6, 6.07) is 7.94. The van der Waals surface area contributed by atoms with Crippen molar-refractivity contribution in [1.29, 1.82) is 0 Å². The zero-order valence-corrected chi connectivity index (χ0v) is 13.6. The number of nitrogens with zero attached hydrogens (tertiary/aromatic N) is 1. The van der Waals surface area contributed by atoms with Gasteiger partial charge in [0.05, 0.1) is 0 Å². The zero-order valence-electron chi connectivity index (χ0n) is 12.8. The van der Waals surface area contributed by atoms with E-state index >= 15 is 0 Å². The smallest absolute Gasteiger partial charge is 0.221 e. The molecular formula is C15H26ClN3O. The predicted molar refractivity (Wildman–Crippen MR) is 87.2 cm³/mol. The first-order valence-electron chi connectivity index (χ1n) is 6.57. The Balaban J connectivity index is 0.00000361. The van der Waals surface area contributed by atoms with Crippen LogP contribution in [0, 0.1) is 5.41 Å². The topological polar surface area (TPSA) is 58.4 Å².